The second kappa shape index (κ2) is 29.4. The van der Waals surface area contributed by atoms with Crippen LogP contribution in [0.3, 0.4) is 0 Å². The maximum atomic E-state index is 11.0. The van der Waals surface area contributed by atoms with Gasteiger partial charge in [0.1, 0.15) is 29.2 Å². The number of ketones is 4. The lowest BCUT2D eigenvalue weighted by molar-refractivity contribution is -0.141. The van der Waals surface area contributed by atoms with Crippen LogP contribution in [0.2, 0.25) is 0 Å². The van der Waals surface area contributed by atoms with Gasteiger partial charge in [-0.1, -0.05) is 6.42 Å². The molecule has 40 heavy (non-hydrogen) atoms. The second-order valence-electron chi connectivity index (χ2n) is 9.57. The van der Waals surface area contributed by atoms with Gasteiger partial charge < -0.3 is 36.4 Å². The molecule has 0 saturated carbocycles. The zero-order chi connectivity index (χ0) is 32.3. The summed E-state index contributed by atoms with van der Waals surface area (Å²) in [5.41, 5.74) is 0. The van der Waals surface area contributed by atoms with Crippen molar-refractivity contribution < 1.29 is 39.0 Å². The smallest absolute Gasteiger partial charge is 0.321 e. The van der Waals surface area contributed by atoms with Crippen LogP contribution < -0.4 is 21.3 Å². The molecule has 0 aliphatic rings. The fraction of sp³-hybridized carbons (Fsp3) is 0.778. The Labute approximate surface area is 240 Å². The van der Waals surface area contributed by atoms with Crippen molar-refractivity contribution >= 4 is 35.1 Å². The molecular weight excluding hydrogens is 522 g/mol. The fourth-order valence-corrected chi connectivity index (χ4v) is 3.08. The van der Waals surface area contributed by atoms with Gasteiger partial charge in [-0.2, -0.15) is 0 Å². The Morgan fingerprint density at radius 3 is 1.40 bits per heavy atom. The largest absolute Gasteiger partial charge is 0.481 e. The van der Waals surface area contributed by atoms with Crippen LogP contribution in [0.15, 0.2) is 0 Å². The highest BCUT2D eigenvalue weighted by Gasteiger charge is 2.16. The van der Waals surface area contributed by atoms with Crippen LogP contribution in [0.5, 0.6) is 0 Å². The summed E-state index contributed by atoms with van der Waals surface area (Å²) in [5.74, 6) is -1.54. The third-order valence-electron chi connectivity index (χ3n) is 5.05. The van der Waals surface area contributed by atoms with E-state index < -0.39 is 18.0 Å². The SMILES string of the molecule is CC(=O)CN(C)C.CNC(CC(C)=O)C(=O)O.CNC(CC(C)=O)CC(=O)O.CNCCCCC(NC)C(C)=O. The summed E-state index contributed by atoms with van der Waals surface area (Å²) >= 11 is 0. The van der Waals surface area contributed by atoms with Crippen molar-refractivity contribution in [2.45, 2.75) is 84.3 Å². The third kappa shape index (κ3) is 37.6. The summed E-state index contributed by atoms with van der Waals surface area (Å²) < 4.78 is 0. The van der Waals surface area contributed by atoms with Gasteiger partial charge in [-0.3, -0.25) is 28.8 Å². The average molecular weight is 578 g/mol. The zero-order valence-corrected chi connectivity index (χ0v) is 26.2. The van der Waals surface area contributed by atoms with E-state index >= 15 is 0 Å². The van der Waals surface area contributed by atoms with E-state index in [-0.39, 0.29) is 54.5 Å². The maximum absolute atomic E-state index is 11.0. The van der Waals surface area contributed by atoms with Gasteiger partial charge in [0.2, 0.25) is 0 Å². The molecule has 6 N–H and O–H groups in total. The molecule has 0 aromatic heterocycles. The van der Waals surface area contributed by atoms with Crippen molar-refractivity contribution in [3.05, 3.63) is 0 Å². The van der Waals surface area contributed by atoms with Crippen LogP contribution in [0.4, 0.5) is 0 Å². The first-order valence-electron chi connectivity index (χ1n) is 13.2. The predicted molar refractivity (Wildman–Crippen MR) is 157 cm³/mol. The lowest BCUT2D eigenvalue weighted by Crippen LogP contribution is -2.35. The number of hydrogen-bond acceptors (Lipinski definition) is 11. The third-order valence-corrected chi connectivity index (χ3v) is 5.05. The number of aliphatic carboxylic acids is 2. The minimum Gasteiger partial charge on any atom is -0.481 e. The monoisotopic (exact) mass is 577 g/mol. The summed E-state index contributed by atoms with van der Waals surface area (Å²) in [6.45, 7) is 7.63. The van der Waals surface area contributed by atoms with E-state index in [1.807, 2.05) is 33.1 Å². The molecule has 13 nitrogen and oxygen atoms in total. The fourth-order valence-electron chi connectivity index (χ4n) is 3.08. The Hall–Kier alpha value is -2.58. The standard InChI is InChI=1S/C9H20N2O.C7H13NO3.C6H11NO3.C5H11NO/c1-8(12)9(11-3)6-4-5-7-10-2;1-5(9)3-6(8-2)4-7(10)11;1-4(8)3-5(7-2)6(9)10;1-5(7)4-6(2)3/h9-11H,4-7H2,1-3H3;6,8H,3-4H2,1-2H3,(H,10,11);5,7H,3H2,1-2H3,(H,9,10);4H2,1-3H3. The van der Waals surface area contributed by atoms with E-state index in [1.165, 1.54) is 20.9 Å². The minimum absolute atomic E-state index is 0.00389. The van der Waals surface area contributed by atoms with Crippen LogP contribution >= 0.6 is 0 Å². The van der Waals surface area contributed by atoms with Crippen LogP contribution in [-0.2, 0) is 28.8 Å². The Kier molecular flexibility index (Phi) is 32.7. The molecule has 0 spiro atoms. The number of carbonyl (C=O) groups excluding carboxylic acids is 4. The Morgan fingerprint density at radius 1 is 0.675 bits per heavy atom. The molecule has 0 heterocycles. The van der Waals surface area contributed by atoms with E-state index in [9.17, 15) is 28.8 Å². The second-order valence-corrected chi connectivity index (χ2v) is 9.57. The van der Waals surface area contributed by atoms with Crippen LogP contribution in [-0.4, -0.2) is 124 Å². The molecule has 0 aromatic carbocycles. The van der Waals surface area contributed by atoms with E-state index in [4.69, 9.17) is 10.2 Å². The molecule has 0 radical (unpaired) electrons. The van der Waals surface area contributed by atoms with Gasteiger partial charge in [0, 0.05) is 18.9 Å². The van der Waals surface area contributed by atoms with Gasteiger partial charge in [0.05, 0.1) is 19.0 Å². The summed E-state index contributed by atoms with van der Waals surface area (Å²) in [7, 11) is 10.7. The molecule has 0 aromatic rings. The summed E-state index contributed by atoms with van der Waals surface area (Å²) in [6.07, 6.45) is 3.52. The van der Waals surface area contributed by atoms with Gasteiger partial charge in [-0.15, -0.1) is 0 Å². The molecule has 13 heteroatoms. The first-order valence-corrected chi connectivity index (χ1v) is 13.2. The molecule has 3 atom stereocenters. The number of Topliss-reactive ketones (excluding diaryl/α,β-unsaturated/α-hetero) is 4. The summed E-state index contributed by atoms with van der Waals surface area (Å²) in [6, 6.07) is -0.913. The van der Waals surface area contributed by atoms with Gasteiger partial charge >= 0.3 is 11.9 Å². The molecule has 0 saturated heterocycles. The van der Waals surface area contributed by atoms with Crippen molar-refractivity contribution in [2.75, 3.05) is 55.4 Å². The van der Waals surface area contributed by atoms with Crippen LogP contribution in [0, 0.1) is 0 Å². The lowest BCUT2D eigenvalue weighted by Gasteiger charge is -2.11. The van der Waals surface area contributed by atoms with Gasteiger partial charge in [-0.05, 0) is 89.4 Å². The average Bonchev–Trinajstić information content (AvgIpc) is 2.81. The van der Waals surface area contributed by atoms with Crippen molar-refractivity contribution in [2.24, 2.45) is 0 Å². The molecule has 0 aliphatic carbocycles. The van der Waals surface area contributed by atoms with E-state index in [2.05, 4.69) is 21.3 Å². The normalized spacial score (nSPS) is 12.2. The molecule has 0 bridgehead atoms. The summed E-state index contributed by atoms with van der Waals surface area (Å²) in [5, 5.41) is 28.2. The van der Waals surface area contributed by atoms with Crippen LogP contribution in [0.25, 0.3) is 0 Å². The van der Waals surface area contributed by atoms with Crippen molar-refractivity contribution in [1.82, 2.24) is 26.2 Å². The van der Waals surface area contributed by atoms with Crippen molar-refractivity contribution in [1.29, 1.82) is 0 Å². The first kappa shape index (κ1) is 44.4. The number of carbonyl (C=O) groups is 6. The number of hydrogen-bond donors (Lipinski definition) is 6. The number of nitrogens with one attached hydrogen (secondary N) is 4. The lowest BCUT2D eigenvalue weighted by atomic mass is 10.1. The molecule has 0 aliphatic heterocycles. The Balaban J connectivity index is -0.000000220. The molecule has 236 valence electrons. The molecule has 0 fully saturated rings. The number of nitrogens with zero attached hydrogens (tertiary/aromatic N) is 1. The maximum Gasteiger partial charge on any atom is 0.321 e. The number of carboxylic acids is 2. The molecule has 3 unspecified atom stereocenters. The minimum atomic E-state index is -0.988. The van der Waals surface area contributed by atoms with Gasteiger partial charge in [-0.25, -0.2) is 0 Å². The van der Waals surface area contributed by atoms with E-state index in [1.54, 1.807) is 20.9 Å². The quantitative estimate of drug-likeness (QED) is 0.122. The number of likely N-dealkylation sites (N-methyl/N-ethyl adjacent to an activating group) is 3. The zero-order valence-electron chi connectivity index (χ0n) is 26.2. The van der Waals surface area contributed by atoms with Gasteiger partial charge in [0.15, 0.2) is 0 Å². The number of carboxylic acid groups (broad SMARTS) is 2. The highest BCUT2D eigenvalue weighted by Crippen LogP contribution is 2.00. The van der Waals surface area contributed by atoms with Crippen molar-refractivity contribution in [3.63, 3.8) is 0 Å². The highest BCUT2D eigenvalue weighted by molar-refractivity contribution is 5.84. The van der Waals surface area contributed by atoms with Crippen molar-refractivity contribution in [3.8, 4) is 0 Å². The highest BCUT2D eigenvalue weighted by atomic mass is 16.4. The topological polar surface area (TPSA) is 194 Å². The Bertz CT molecular complexity index is 716. The van der Waals surface area contributed by atoms with Gasteiger partial charge in [0.25, 0.3) is 0 Å². The molecule has 0 amide bonds. The Morgan fingerprint density at radius 2 is 1.18 bits per heavy atom. The number of unbranched alkanes of at least 4 members (excludes halogenated alkanes) is 1. The van der Waals surface area contributed by atoms with Crippen LogP contribution in [0.1, 0.15) is 66.2 Å². The summed E-state index contributed by atoms with van der Waals surface area (Å²) in [4.78, 5) is 64.4. The van der Waals surface area contributed by atoms with E-state index in [0.717, 1.165) is 25.8 Å². The predicted octanol–water partition coefficient (Wildman–Crippen LogP) is 0.356. The van der Waals surface area contributed by atoms with E-state index in [0.29, 0.717) is 6.54 Å². The number of rotatable bonds is 18. The molecular formula is C27H55N5O8. The first-order chi connectivity index (χ1) is 18.5. The molecule has 0 rings (SSSR count).